The van der Waals surface area contributed by atoms with E-state index in [-0.39, 0.29) is 0 Å². The Labute approximate surface area is 69.8 Å². The average molecular weight is 153 g/mol. The number of rotatable bonds is 2. The number of nitrogens with zero attached hydrogens (tertiary/aromatic N) is 1. The summed E-state index contributed by atoms with van der Waals surface area (Å²) in [5, 5.41) is 0. The molecule has 1 nitrogen and oxygen atoms in total. The lowest BCUT2D eigenvalue weighted by atomic mass is 10.00. The molecule has 1 saturated heterocycles. The topological polar surface area (TPSA) is 3.24 Å². The molecule has 1 saturated carbocycles. The van der Waals surface area contributed by atoms with Crippen LogP contribution in [0, 0.1) is 17.8 Å². The Kier molecular flexibility index (Phi) is 1.71. The molecule has 0 N–H and O–H groups in total. The van der Waals surface area contributed by atoms with Crippen molar-refractivity contribution >= 4 is 0 Å². The van der Waals surface area contributed by atoms with E-state index in [1.54, 1.807) is 0 Å². The molecule has 3 unspecified atom stereocenters. The molecule has 3 atom stereocenters. The number of hydrogen-bond donors (Lipinski definition) is 0. The lowest BCUT2D eigenvalue weighted by Gasteiger charge is -2.28. The summed E-state index contributed by atoms with van der Waals surface area (Å²) in [7, 11) is 0. The number of likely N-dealkylation sites (tertiary alicyclic amines) is 1. The predicted octanol–water partition coefficient (Wildman–Crippen LogP) is 1.98. The molecule has 2 fully saturated rings. The van der Waals surface area contributed by atoms with Gasteiger partial charge >= 0.3 is 0 Å². The second kappa shape index (κ2) is 2.48. The molecule has 1 aliphatic carbocycles. The van der Waals surface area contributed by atoms with Gasteiger partial charge in [-0.15, -0.1) is 0 Å². The minimum Gasteiger partial charge on any atom is -0.300 e. The Hall–Kier alpha value is -0.0400. The Morgan fingerprint density at radius 2 is 2.18 bits per heavy atom. The zero-order chi connectivity index (χ0) is 8.01. The quantitative estimate of drug-likeness (QED) is 0.586. The van der Waals surface area contributed by atoms with Crippen LogP contribution >= 0.6 is 0 Å². The fraction of sp³-hybridized carbons (Fsp3) is 1.00. The zero-order valence-corrected chi connectivity index (χ0v) is 7.88. The molecular formula is C10H19N. The smallest absolute Gasteiger partial charge is 0.0150 e. The van der Waals surface area contributed by atoms with Crippen LogP contribution in [0.15, 0.2) is 0 Å². The summed E-state index contributed by atoms with van der Waals surface area (Å²) in [4.78, 5) is 2.67. The Morgan fingerprint density at radius 1 is 1.45 bits per heavy atom. The van der Waals surface area contributed by atoms with Crippen molar-refractivity contribution in [2.75, 3.05) is 13.1 Å². The second-order valence-corrected chi connectivity index (χ2v) is 4.48. The van der Waals surface area contributed by atoms with Crippen molar-refractivity contribution < 1.29 is 0 Å². The molecule has 0 aromatic rings. The lowest BCUT2D eigenvalue weighted by Crippen LogP contribution is -2.36. The third-order valence-electron chi connectivity index (χ3n) is 3.40. The van der Waals surface area contributed by atoms with E-state index >= 15 is 0 Å². The van der Waals surface area contributed by atoms with Crippen molar-refractivity contribution in [2.24, 2.45) is 17.8 Å². The van der Waals surface area contributed by atoms with E-state index in [9.17, 15) is 0 Å². The van der Waals surface area contributed by atoms with Gasteiger partial charge in [0, 0.05) is 12.6 Å². The Bertz CT molecular complexity index is 153. The van der Waals surface area contributed by atoms with Gasteiger partial charge in [0.05, 0.1) is 0 Å². The van der Waals surface area contributed by atoms with Crippen LogP contribution in [0.4, 0.5) is 0 Å². The highest BCUT2D eigenvalue weighted by molar-refractivity contribution is 5.04. The lowest BCUT2D eigenvalue weighted by molar-refractivity contribution is 0.184. The molecule has 0 aromatic carbocycles. The van der Waals surface area contributed by atoms with Gasteiger partial charge < -0.3 is 0 Å². The second-order valence-electron chi connectivity index (χ2n) is 4.48. The van der Waals surface area contributed by atoms with Crippen LogP contribution < -0.4 is 0 Å². The average Bonchev–Trinajstić information content (AvgIpc) is 2.61. The largest absolute Gasteiger partial charge is 0.300 e. The first-order valence-electron chi connectivity index (χ1n) is 4.98. The van der Waals surface area contributed by atoms with Gasteiger partial charge in [0.2, 0.25) is 0 Å². The van der Waals surface area contributed by atoms with E-state index in [1.165, 1.54) is 19.5 Å². The minimum absolute atomic E-state index is 0.868. The summed E-state index contributed by atoms with van der Waals surface area (Å²) in [6.07, 6.45) is 1.53. The van der Waals surface area contributed by atoms with Gasteiger partial charge in [0.25, 0.3) is 0 Å². The first-order chi connectivity index (χ1) is 5.24. The van der Waals surface area contributed by atoms with Gasteiger partial charge in [-0.1, -0.05) is 20.8 Å². The molecule has 2 rings (SSSR count). The molecule has 2 aliphatic rings. The van der Waals surface area contributed by atoms with E-state index in [1.807, 2.05) is 0 Å². The molecule has 0 aromatic heterocycles. The van der Waals surface area contributed by atoms with Crippen LogP contribution in [0.3, 0.4) is 0 Å². The van der Waals surface area contributed by atoms with E-state index in [2.05, 4.69) is 25.7 Å². The van der Waals surface area contributed by atoms with Crippen molar-refractivity contribution in [3.8, 4) is 0 Å². The van der Waals surface area contributed by atoms with Crippen molar-refractivity contribution in [3.63, 3.8) is 0 Å². The third-order valence-corrected chi connectivity index (χ3v) is 3.40. The van der Waals surface area contributed by atoms with Crippen LogP contribution in [0.25, 0.3) is 0 Å². The van der Waals surface area contributed by atoms with Gasteiger partial charge in [0.1, 0.15) is 0 Å². The highest BCUT2D eigenvalue weighted by Crippen LogP contribution is 2.51. The highest BCUT2D eigenvalue weighted by atomic mass is 15.2. The molecule has 0 bridgehead atoms. The van der Waals surface area contributed by atoms with Crippen molar-refractivity contribution in [3.05, 3.63) is 0 Å². The maximum absolute atomic E-state index is 2.67. The van der Waals surface area contributed by atoms with Crippen LogP contribution in [-0.2, 0) is 0 Å². The molecule has 0 amide bonds. The minimum atomic E-state index is 0.868. The predicted molar refractivity (Wildman–Crippen MR) is 47.5 cm³/mol. The summed E-state index contributed by atoms with van der Waals surface area (Å²) in [6, 6.07) is 0.921. The standard InChI is InChI=1S/C10H19N/c1-4-11-6-8-5-9(8)10(11)7(2)3/h7-10H,4-6H2,1-3H3. The van der Waals surface area contributed by atoms with Gasteiger partial charge in [-0.25, -0.2) is 0 Å². The first-order valence-corrected chi connectivity index (χ1v) is 4.98. The zero-order valence-electron chi connectivity index (χ0n) is 7.88. The van der Waals surface area contributed by atoms with Crippen LogP contribution in [-0.4, -0.2) is 24.0 Å². The molecule has 11 heavy (non-hydrogen) atoms. The fourth-order valence-electron chi connectivity index (χ4n) is 2.85. The maximum atomic E-state index is 2.67. The van der Waals surface area contributed by atoms with E-state index in [4.69, 9.17) is 0 Å². The SMILES string of the molecule is CCN1CC2CC2C1C(C)C. The summed E-state index contributed by atoms with van der Waals surface area (Å²) in [5.41, 5.74) is 0. The molecule has 0 radical (unpaired) electrons. The first kappa shape index (κ1) is 7.60. The third kappa shape index (κ3) is 1.10. The number of fused-ring (bicyclic) bond motifs is 1. The molecule has 0 spiro atoms. The fourth-order valence-corrected chi connectivity index (χ4v) is 2.85. The van der Waals surface area contributed by atoms with E-state index in [0.29, 0.717) is 0 Å². The summed E-state index contributed by atoms with van der Waals surface area (Å²) in [5.74, 6) is 3.03. The van der Waals surface area contributed by atoms with Crippen LogP contribution in [0.5, 0.6) is 0 Å². The normalized spacial score (nSPS) is 43.1. The van der Waals surface area contributed by atoms with E-state index in [0.717, 1.165) is 23.8 Å². The molecular weight excluding hydrogens is 134 g/mol. The molecule has 1 heterocycles. The Balaban J connectivity index is 2.03. The van der Waals surface area contributed by atoms with Crippen molar-refractivity contribution in [1.29, 1.82) is 0 Å². The monoisotopic (exact) mass is 153 g/mol. The molecule has 1 heteroatoms. The van der Waals surface area contributed by atoms with Gasteiger partial charge in [-0.3, -0.25) is 4.90 Å². The maximum Gasteiger partial charge on any atom is 0.0150 e. The molecule has 64 valence electrons. The van der Waals surface area contributed by atoms with Crippen LogP contribution in [0.1, 0.15) is 27.2 Å². The Morgan fingerprint density at radius 3 is 2.64 bits per heavy atom. The summed E-state index contributed by atoms with van der Waals surface area (Å²) in [6.45, 7) is 9.68. The number of piperidine rings is 1. The van der Waals surface area contributed by atoms with E-state index < -0.39 is 0 Å². The van der Waals surface area contributed by atoms with Crippen LogP contribution in [0.2, 0.25) is 0 Å². The highest BCUT2D eigenvalue weighted by Gasteiger charge is 2.52. The van der Waals surface area contributed by atoms with Crippen molar-refractivity contribution in [2.45, 2.75) is 33.2 Å². The van der Waals surface area contributed by atoms with Gasteiger partial charge in [-0.05, 0) is 30.7 Å². The van der Waals surface area contributed by atoms with Gasteiger partial charge in [0.15, 0.2) is 0 Å². The summed E-state index contributed by atoms with van der Waals surface area (Å²) < 4.78 is 0. The van der Waals surface area contributed by atoms with Crippen molar-refractivity contribution in [1.82, 2.24) is 4.90 Å². The van der Waals surface area contributed by atoms with Gasteiger partial charge in [-0.2, -0.15) is 0 Å². The summed E-state index contributed by atoms with van der Waals surface area (Å²) >= 11 is 0. The molecule has 1 aliphatic heterocycles. The number of hydrogen-bond acceptors (Lipinski definition) is 1.